The summed E-state index contributed by atoms with van der Waals surface area (Å²) in [5.74, 6) is 0.265. The fraction of sp³-hybridized carbons (Fsp3) is 0.360. The van der Waals surface area contributed by atoms with E-state index in [1.165, 1.54) is 11.0 Å². The van der Waals surface area contributed by atoms with Gasteiger partial charge in [0, 0.05) is 24.4 Å². The zero-order chi connectivity index (χ0) is 26.7. The number of anilines is 2. The number of carbonyl (C=O) groups excluding carboxylic acids is 1. The Morgan fingerprint density at radius 2 is 1.97 bits per heavy atom. The number of hydrogen-bond donors (Lipinski definition) is 1. The van der Waals surface area contributed by atoms with Crippen molar-refractivity contribution in [3.63, 3.8) is 0 Å². The molecule has 0 aliphatic carbocycles. The van der Waals surface area contributed by atoms with Crippen molar-refractivity contribution in [2.24, 2.45) is 0 Å². The van der Waals surface area contributed by atoms with Crippen molar-refractivity contribution < 1.29 is 22.7 Å². The average Bonchev–Trinajstić information content (AvgIpc) is 2.85. The van der Waals surface area contributed by atoms with Crippen LogP contribution in [0.5, 0.6) is 0 Å². The van der Waals surface area contributed by atoms with Crippen LogP contribution in [0.1, 0.15) is 55.2 Å². The molecular formula is C25H24Br2F3N5O2. The van der Waals surface area contributed by atoms with Crippen LogP contribution in [0.25, 0.3) is 0 Å². The van der Waals surface area contributed by atoms with Gasteiger partial charge in [0.05, 0.1) is 34.1 Å². The summed E-state index contributed by atoms with van der Waals surface area (Å²) in [6.45, 7) is 3.76. The Morgan fingerprint density at radius 3 is 2.65 bits per heavy atom. The number of carbonyl (C=O) groups is 1. The maximum atomic E-state index is 13.6. The molecule has 2 aromatic heterocycles. The van der Waals surface area contributed by atoms with Crippen molar-refractivity contribution >= 4 is 49.6 Å². The summed E-state index contributed by atoms with van der Waals surface area (Å²) in [5, 5.41) is 3.22. The highest BCUT2D eigenvalue weighted by molar-refractivity contribution is 9.10. The van der Waals surface area contributed by atoms with Crippen molar-refractivity contribution in [3.8, 4) is 0 Å². The molecule has 0 fully saturated rings. The highest BCUT2D eigenvalue weighted by atomic mass is 79.9. The number of nitrogens with one attached hydrogen (secondary N) is 1. The maximum absolute atomic E-state index is 13.6. The largest absolute Gasteiger partial charge is 0.449 e. The summed E-state index contributed by atoms with van der Waals surface area (Å²) >= 11 is 6.83. The molecule has 1 aromatic carbocycles. The van der Waals surface area contributed by atoms with E-state index in [-0.39, 0.29) is 18.6 Å². The minimum atomic E-state index is -4.53. The molecule has 196 valence electrons. The Morgan fingerprint density at radius 1 is 1.19 bits per heavy atom. The van der Waals surface area contributed by atoms with E-state index in [9.17, 15) is 18.0 Å². The van der Waals surface area contributed by atoms with Crippen LogP contribution in [0.15, 0.2) is 51.7 Å². The van der Waals surface area contributed by atoms with E-state index in [1.54, 1.807) is 13.1 Å². The van der Waals surface area contributed by atoms with E-state index >= 15 is 0 Å². The van der Waals surface area contributed by atoms with Crippen LogP contribution in [-0.2, 0) is 17.3 Å². The SMILES string of the molecule is CCOC(=O)N1c2ccc(C(F)(F)F)cc2[C@@H](Nc2ncc(Br)c(Cc3cccc(Br)n3)n2)C[C@H]1CC. The molecule has 1 N–H and O–H groups in total. The lowest BCUT2D eigenvalue weighted by Gasteiger charge is -2.40. The number of nitrogens with zero attached hydrogens (tertiary/aromatic N) is 4. The number of alkyl halides is 3. The number of rotatable bonds is 6. The molecule has 2 atom stereocenters. The molecule has 1 aliphatic rings. The number of halogens is 5. The van der Waals surface area contributed by atoms with E-state index in [1.807, 2.05) is 25.1 Å². The molecule has 37 heavy (non-hydrogen) atoms. The van der Waals surface area contributed by atoms with E-state index < -0.39 is 23.9 Å². The average molecular weight is 643 g/mol. The van der Waals surface area contributed by atoms with Crippen LogP contribution in [0.3, 0.4) is 0 Å². The zero-order valence-electron chi connectivity index (χ0n) is 20.0. The van der Waals surface area contributed by atoms with Crippen LogP contribution in [0.2, 0.25) is 0 Å². The highest BCUT2D eigenvalue weighted by Crippen LogP contribution is 2.43. The summed E-state index contributed by atoms with van der Waals surface area (Å²) in [5.41, 5.74) is 1.36. The standard InChI is InChI=1S/C25H24Br2F3N5O2/c1-3-16-12-19(17-10-14(25(28,29)30)8-9-21(17)35(16)24(36)37-4-2)33-23-31-13-18(26)20(34-23)11-15-6-5-7-22(27)32-15/h5-10,13,16,19H,3-4,11-12H2,1-2H3,(H,31,33,34)/t16-,19+/m1/s1. The maximum Gasteiger partial charge on any atom is 0.416 e. The van der Waals surface area contributed by atoms with Gasteiger partial charge in [-0.15, -0.1) is 0 Å². The second-order valence-corrected chi connectivity index (χ2v) is 10.1. The summed E-state index contributed by atoms with van der Waals surface area (Å²) in [6, 6.07) is 8.11. The third kappa shape index (κ3) is 6.23. The molecule has 0 radical (unpaired) electrons. The Balaban J connectivity index is 1.71. The topological polar surface area (TPSA) is 80.2 Å². The Kier molecular flexibility index (Phi) is 8.37. The first-order valence-electron chi connectivity index (χ1n) is 11.7. The number of amides is 1. The van der Waals surface area contributed by atoms with Gasteiger partial charge in [-0.3, -0.25) is 4.90 Å². The number of fused-ring (bicyclic) bond motifs is 1. The molecule has 12 heteroatoms. The molecule has 3 aromatic rings. The lowest BCUT2D eigenvalue weighted by Crippen LogP contribution is -2.46. The fourth-order valence-electron chi connectivity index (χ4n) is 4.33. The molecule has 1 amide bonds. The number of aromatic nitrogens is 3. The molecule has 1 aliphatic heterocycles. The van der Waals surface area contributed by atoms with E-state index in [0.29, 0.717) is 45.3 Å². The van der Waals surface area contributed by atoms with Crippen molar-refractivity contribution in [3.05, 3.63) is 74.2 Å². The summed E-state index contributed by atoms with van der Waals surface area (Å²) in [4.78, 5) is 27.6. The molecular weight excluding hydrogens is 619 g/mol. The van der Waals surface area contributed by atoms with Gasteiger partial charge in [-0.25, -0.2) is 19.7 Å². The summed E-state index contributed by atoms with van der Waals surface area (Å²) in [6.07, 6.45) is -2.17. The van der Waals surface area contributed by atoms with Crippen LogP contribution in [-0.4, -0.2) is 33.7 Å². The lowest BCUT2D eigenvalue weighted by atomic mass is 9.89. The molecule has 0 saturated carbocycles. The first-order valence-corrected chi connectivity index (χ1v) is 13.3. The number of ether oxygens (including phenoxy) is 1. The minimum absolute atomic E-state index is 0.158. The lowest BCUT2D eigenvalue weighted by molar-refractivity contribution is -0.137. The van der Waals surface area contributed by atoms with Crippen LogP contribution in [0, 0.1) is 0 Å². The molecule has 7 nitrogen and oxygen atoms in total. The van der Waals surface area contributed by atoms with Gasteiger partial charge in [0.25, 0.3) is 0 Å². The molecule has 4 rings (SSSR count). The summed E-state index contributed by atoms with van der Waals surface area (Å²) < 4.78 is 47.4. The third-order valence-electron chi connectivity index (χ3n) is 6.04. The van der Waals surface area contributed by atoms with E-state index in [2.05, 4.69) is 52.1 Å². The molecule has 0 saturated heterocycles. The van der Waals surface area contributed by atoms with Gasteiger partial charge in [0.15, 0.2) is 0 Å². The zero-order valence-corrected chi connectivity index (χ0v) is 23.2. The fourth-order valence-corrected chi connectivity index (χ4v) is 5.04. The van der Waals surface area contributed by atoms with Crippen LogP contribution >= 0.6 is 31.9 Å². The van der Waals surface area contributed by atoms with Gasteiger partial charge in [0.2, 0.25) is 5.95 Å². The Hall–Kier alpha value is -2.73. The van der Waals surface area contributed by atoms with Gasteiger partial charge in [-0.05, 0) is 87.5 Å². The quantitative estimate of drug-likeness (QED) is 0.284. The summed E-state index contributed by atoms with van der Waals surface area (Å²) in [7, 11) is 0. The van der Waals surface area contributed by atoms with Gasteiger partial charge >= 0.3 is 12.3 Å². The number of benzene rings is 1. The first-order chi connectivity index (χ1) is 17.6. The highest BCUT2D eigenvalue weighted by Gasteiger charge is 2.39. The smallest absolute Gasteiger partial charge is 0.416 e. The predicted molar refractivity (Wildman–Crippen MR) is 140 cm³/mol. The minimum Gasteiger partial charge on any atom is -0.449 e. The number of pyridine rings is 1. The van der Waals surface area contributed by atoms with E-state index in [4.69, 9.17) is 4.74 Å². The van der Waals surface area contributed by atoms with Gasteiger partial charge < -0.3 is 10.1 Å². The van der Waals surface area contributed by atoms with Gasteiger partial charge in [-0.2, -0.15) is 13.2 Å². The second-order valence-electron chi connectivity index (χ2n) is 8.45. The molecule has 0 unspecified atom stereocenters. The van der Waals surface area contributed by atoms with E-state index in [0.717, 1.165) is 17.8 Å². The number of hydrogen-bond acceptors (Lipinski definition) is 6. The van der Waals surface area contributed by atoms with Crippen LogP contribution < -0.4 is 10.2 Å². The van der Waals surface area contributed by atoms with Gasteiger partial charge in [0.1, 0.15) is 4.60 Å². The van der Waals surface area contributed by atoms with Crippen molar-refractivity contribution in [2.75, 3.05) is 16.8 Å². The van der Waals surface area contributed by atoms with Crippen molar-refractivity contribution in [2.45, 2.75) is 51.4 Å². The molecule has 3 heterocycles. The first kappa shape index (κ1) is 27.3. The van der Waals surface area contributed by atoms with Crippen molar-refractivity contribution in [1.82, 2.24) is 15.0 Å². The van der Waals surface area contributed by atoms with Crippen molar-refractivity contribution in [1.29, 1.82) is 0 Å². The Labute approximate surface area is 229 Å². The second kappa shape index (κ2) is 11.3. The monoisotopic (exact) mass is 641 g/mol. The normalized spacial score (nSPS) is 17.3. The third-order valence-corrected chi connectivity index (χ3v) is 7.14. The molecule has 0 bridgehead atoms. The van der Waals surface area contributed by atoms with Gasteiger partial charge in [-0.1, -0.05) is 13.0 Å². The predicted octanol–water partition coefficient (Wildman–Crippen LogP) is 7.30. The molecule has 0 spiro atoms. The van der Waals surface area contributed by atoms with Crippen LogP contribution in [0.4, 0.5) is 29.6 Å². The Bertz CT molecular complexity index is 1290.